The minimum absolute atomic E-state index is 0.267. The van der Waals surface area contributed by atoms with Crippen LogP contribution in [-0.2, 0) is 4.74 Å². The van der Waals surface area contributed by atoms with Crippen LogP contribution >= 0.6 is 0 Å². The Morgan fingerprint density at radius 1 is 0.720 bits per heavy atom. The summed E-state index contributed by atoms with van der Waals surface area (Å²) < 4.78 is 5.40. The average Bonchev–Trinajstić information content (AvgIpc) is 2.68. The third-order valence-corrected chi connectivity index (χ3v) is 4.32. The Kier molecular flexibility index (Phi) is 5.96. The molecule has 0 aliphatic rings. The van der Waals surface area contributed by atoms with E-state index in [0.717, 1.165) is 16.7 Å². The lowest BCUT2D eigenvalue weighted by Crippen LogP contribution is -2.33. The topological polar surface area (TPSA) is 32.7 Å². The number of methoxy groups -OCH3 is 1. The van der Waals surface area contributed by atoms with Crippen molar-refractivity contribution in [2.75, 3.05) is 13.7 Å². The lowest BCUT2D eigenvalue weighted by atomic mass is 9.96. The predicted octanol–water partition coefficient (Wildman–Crippen LogP) is 4.85. The average molecular weight is 333 g/mol. The van der Waals surface area contributed by atoms with Crippen LogP contribution in [-0.4, -0.2) is 24.0 Å². The van der Waals surface area contributed by atoms with E-state index in [1.165, 1.54) is 5.06 Å². The van der Waals surface area contributed by atoms with Crippen LogP contribution in [0.4, 0.5) is 0 Å². The van der Waals surface area contributed by atoms with Crippen molar-refractivity contribution >= 4 is 0 Å². The fraction of sp³-hybridized carbons (Fsp3) is 0.182. The van der Waals surface area contributed by atoms with Gasteiger partial charge in [-0.25, -0.2) is 0 Å². The molecule has 0 amide bonds. The standard InChI is InChI=1S/C22H23NO2/c1-25-17-21(18-11-5-2-6-12-18)23(24)22(19-13-7-3-8-14-19)20-15-9-4-10-16-20/h2-16,21-22,24H,17H2,1H3/t21-/m1/s1. The Morgan fingerprint density at radius 2 is 1.12 bits per heavy atom. The van der Waals surface area contributed by atoms with E-state index in [4.69, 9.17) is 4.74 Å². The second kappa shape index (κ2) is 8.58. The van der Waals surface area contributed by atoms with Crippen molar-refractivity contribution in [2.24, 2.45) is 0 Å². The fourth-order valence-electron chi connectivity index (χ4n) is 3.11. The van der Waals surface area contributed by atoms with Gasteiger partial charge in [-0.1, -0.05) is 91.0 Å². The van der Waals surface area contributed by atoms with Crippen molar-refractivity contribution in [3.63, 3.8) is 0 Å². The van der Waals surface area contributed by atoms with E-state index in [-0.39, 0.29) is 12.1 Å². The third-order valence-electron chi connectivity index (χ3n) is 4.32. The molecular weight excluding hydrogens is 310 g/mol. The van der Waals surface area contributed by atoms with Crippen molar-refractivity contribution in [3.8, 4) is 0 Å². The zero-order valence-corrected chi connectivity index (χ0v) is 14.3. The molecule has 0 unspecified atom stereocenters. The second-order valence-electron chi connectivity index (χ2n) is 5.99. The summed E-state index contributed by atoms with van der Waals surface area (Å²) in [6.07, 6.45) is 0. The molecule has 3 aromatic carbocycles. The summed E-state index contributed by atoms with van der Waals surface area (Å²) >= 11 is 0. The van der Waals surface area contributed by atoms with E-state index < -0.39 is 0 Å². The van der Waals surface area contributed by atoms with E-state index in [1.54, 1.807) is 7.11 Å². The molecule has 25 heavy (non-hydrogen) atoms. The quantitative estimate of drug-likeness (QED) is 0.627. The summed E-state index contributed by atoms with van der Waals surface area (Å²) in [7, 11) is 1.66. The first kappa shape index (κ1) is 17.4. The van der Waals surface area contributed by atoms with Gasteiger partial charge in [0.1, 0.15) is 0 Å². The van der Waals surface area contributed by atoms with Crippen molar-refractivity contribution in [1.29, 1.82) is 0 Å². The van der Waals surface area contributed by atoms with Gasteiger partial charge < -0.3 is 9.94 Å². The monoisotopic (exact) mass is 333 g/mol. The van der Waals surface area contributed by atoms with Crippen molar-refractivity contribution < 1.29 is 9.94 Å². The van der Waals surface area contributed by atoms with Crippen LogP contribution in [0.15, 0.2) is 91.0 Å². The van der Waals surface area contributed by atoms with Crippen molar-refractivity contribution in [2.45, 2.75) is 12.1 Å². The Balaban J connectivity index is 2.02. The van der Waals surface area contributed by atoms with Crippen LogP contribution in [0.5, 0.6) is 0 Å². The van der Waals surface area contributed by atoms with E-state index in [0.29, 0.717) is 6.61 Å². The predicted molar refractivity (Wildman–Crippen MR) is 99.4 cm³/mol. The van der Waals surface area contributed by atoms with E-state index in [9.17, 15) is 5.21 Å². The zero-order chi connectivity index (χ0) is 17.5. The first-order valence-electron chi connectivity index (χ1n) is 8.42. The number of rotatable bonds is 7. The Morgan fingerprint density at radius 3 is 1.52 bits per heavy atom. The van der Waals surface area contributed by atoms with Gasteiger partial charge in [-0.05, 0) is 16.7 Å². The maximum Gasteiger partial charge on any atom is 0.0857 e. The maximum atomic E-state index is 11.2. The van der Waals surface area contributed by atoms with Gasteiger partial charge in [-0.2, -0.15) is 5.06 Å². The van der Waals surface area contributed by atoms with E-state index in [1.807, 2.05) is 91.0 Å². The molecule has 0 saturated carbocycles. The van der Waals surface area contributed by atoms with Gasteiger partial charge in [-0.15, -0.1) is 0 Å². The van der Waals surface area contributed by atoms with Gasteiger partial charge in [0.2, 0.25) is 0 Å². The first-order chi connectivity index (χ1) is 12.3. The summed E-state index contributed by atoms with van der Waals surface area (Å²) in [6.45, 7) is 0.399. The minimum Gasteiger partial charge on any atom is -0.383 e. The highest BCUT2D eigenvalue weighted by molar-refractivity contribution is 5.32. The smallest absolute Gasteiger partial charge is 0.0857 e. The molecule has 0 radical (unpaired) electrons. The van der Waals surface area contributed by atoms with E-state index >= 15 is 0 Å². The lowest BCUT2D eigenvalue weighted by molar-refractivity contribution is -0.166. The highest BCUT2D eigenvalue weighted by Gasteiger charge is 2.28. The molecule has 0 heterocycles. The molecule has 0 aliphatic heterocycles. The summed E-state index contributed by atoms with van der Waals surface area (Å²) in [6, 6.07) is 29.5. The van der Waals surface area contributed by atoms with Gasteiger partial charge in [-0.3, -0.25) is 0 Å². The Hall–Kier alpha value is -2.46. The molecule has 0 aromatic heterocycles. The maximum absolute atomic E-state index is 11.2. The van der Waals surface area contributed by atoms with Gasteiger partial charge in [0.05, 0.1) is 18.7 Å². The molecule has 3 rings (SSSR count). The Labute approximate surface area is 149 Å². The molecule has 0 bridgehead atoms. The van der Waals surface area contributed by atoms with Crippen LogP contribution < -0.4 is 0 Å². The zero-order valence-electron chi connectivity index (χ0n) is 14.3. The Bertz CT molecular complexity index is 707. The first-order valence-corrected chi connectivity index (χ1v) is 8.42. The molecule has 0 saturated heterocycles. The van der Waals surface area contributed by atoms with Gasteiger partial charge >= 0.3 is 0 Å². The van der Waals surface area contributed by atoms with Crippen molar-refractivity contribution in [3.05, 3.63) is 108 Å². The highest BCUT2D eigenvalue weighted by atomic mass is 16.5. The van der Waals surface area contributed by atoms with Gasteiger partial charge in [0.15, 0.2) is 0 Å². The molecule has 3 heteroatoms. The molecule has 0 fully saturated rings. The van der Waals surface area contributed by atoms with Crippen LogP contribution in [0.3, 0.4) is 0 Å². The number of hydroxylamine groups is 2. The summed E-state index contributed by atoms with van der Waals surface area (Å²) in [4.78, 5) is 0. The number of hydrogen-bond acceptors (Lipinski definition) is 3. The molecule has 0 spiro atoms. The van der Waals surface area contributed by atoms with Gasteiger partial charge in [0, 0.05) is 7.11 Å². The number of ether oxygens (including phenoxy) is 1. The third kappa shape index (κ3) is 4.15. The van der Waals surface area contributed by atoms with Gasteiger partial charge in [0.25, 0.3) is 0 Å². The van der Waals surface area contributed by atoms with Crippen LogP contribution in [0.2, 0.25) is 0 Å². The van der Waals surface area contributed by atoms with Crippen LogP contribution in [0, 0.1) is 0 Å². The largest absolute Gasteiger partial charge is 0.383 e. The van der Waals surface area contributed by atoms with Crippen LogP contribution in [0.1, 0.15) is 28.8 Å². The fourth-order valence-corrected chi connectivity index (χ4v) is 3.11. The molecular formula is C22H23NO2. The number of hydrogen-bond donors (Lipinski definition) is 1. The SMILES string of the molecule is COC[C@H](c1ccccc1)N(O)C(c1ccccc1)c1ccccc1. The summed E-state index contributed by atoms with van der Waals surface area (Å²) in [5.41, 5.74) is 3.09. The summed E-state index contributed by atoms with van der Waals surface area (Å²) in [5, 5.41) is 12.6. The molecule has 3 aromatic rings. The second-order valence-corrected chi connectivity index (χ2v) is 5.99. The molecule has 3 nitrogen and oxygen atoms in total. The molecule has 0 aliphatic carbocycles. The van der Waals surface area contributed by atoms with E-state index in [2.05, 4.69) is 0 Å². The molecule has 128 valence electrons. The number of nitrogens with zero attached hydrogens (tertiary/aromatic N) is 1. The highest BCUT2D eigenvalue weighted by Crippen LogP contribution is 2.34. The molecule has 1 N–H and O–H groups in total. The normalized spacial score (nSPS) is 12.5. The number of benzene rings is 3. The van der Waals surface area contributed by atoms with Crippen LogP contribution in [0.25, 0.3) is 0 Å². The minimum atomic E-state index is -0.275. The lowest BCUT2D eigenvalue weighted by Gasteiger charge is -2.33. The van der Waals surface area contributed by atoms with Crippen molar-refractivity contribution in [1.82, 2.24) is 5.06 Å². The molecule has 1 atom stereocenters. The summed E-state index contributed by atoms with van der Waals surface area (Å²) in [5.74, 6) is 0.